The van der Waals surface area contributed by atoms with E-state index in [2.05, 4.69) is 15.2 Å². The summed E-state index contributed by atoms with van der Waals surface area (Å²) in [6, 6.07) is 1.94. The fraction of sp³-hybridized carbons (Fsp3) is 0.333. The molecule has 3 rings (SSSR count). The Morgan fingerprint density at radius 3 is 3.00 bits per heavy atom. The van der Waals surface area contributed by atoms with Gasteiger partial charge in [0.1, 0.15) is 10.9 Å². The fourth-order valence-electron chi connectivity index (χ4n) is 2.23. The lowest BCUT2D eigenvalue weighted by atomic mass is 10.1. The van der Waals surface area contributed by atoms with E-state index in [1.54, 1.807) is 7.05 Å². The van der Waals surface area contributed by atoms with Crippen molar-refractivity contribution in [1.29, 1.82) is 5.41 Å². The van der Waals surface area contributed by atoms with Crippen molar-refractivity contribution in [3.05, 3.63) is 33.4 Å². The number of aromatic amines is 1. The van der Waals surface area contributed by atoms with Gasteiger partial charge in [0.05, 0.1) is 0 Å². The summed E-state index contributed by atoms with van der Waals surface area (Å²) < 4.78 is 1.41. The minimum atomic E-state index is -0.280. The fourth-order valence-corrected chi connectivity index (χ4v) is 3.15. The van der Waals surface area contributed by atoms with Gasteiger partial charge in [0.15, 0.2) is 5.16 Å². The van der Waals surface area contributed by atoms with Crippen LogP contribution in [0.2, 0.25) is 0 Å². The molecule has 0 bridgehead atoms. The summed E-state index contributed by atoms with van der Waals surface area (Å²) >= 11 is 1.24. The Kier molecular flexibility index (Phi) is 3.09. The van der Waals surface area contributed by atoms with Crippen molar-refractivity contribution in [2.24, 2.45) is 12.8 Å². The van der Waals surface area contributed by atoms with Gasteiger partial charge in [-0.25, -0.2) is 14.9 Å². The van der Waals surface area contributed by atoms with Crippen LogP contribution in [0.25, 0.3) is 0 Å². The second kappa shape index (κ2) is 4.78. The Bertz CT molecular complexity index is 747. The predicted molar refractivity (Wildman–Crippen MR) is 75.2 cm³/mol. The Balaban J connectivity index is 2.06. The number of hydrogen-bond donors (Lipinski definition) is 3. The lowest BCUT2D eigenvalue weighted by Crippen LogP contribution is -2.15. The smallest absolute Gasteiger partial charge is 0.343 e. The second-order valence-electron chi connectivity index (χ2n) is 4.69. The van der Waals surface area contributed by atoms with E-state index in [0.29, 0.717) is 15.7 Å². The van der Waals surface area contributed by atoms with E-state index in [-0.39, 0.29) is 11.5 Å². The summed E-state index contributed by atoms with van der Waals surface area (Å²) in [5.74, 6) is -0.0183. The van der Waals surface area contributed by atoms with Gasteiger partial charge in [-0.3, -0.25) is 9.98 Å². The van der Waals surface area contributed by atoms with Crippen molar-refractivity contribution in [3.8, 4) is 0 Å². The third kappa shape index (κ3) is 2.11. The SMILES string of the molecule is Cn1c(Sc2nc3c(cc2C(=N)N)CCC3)n[nH]c1=O. The maximum atomic E-state index is 11.4. The number of aromatic nitrogens is 4. The molecule has 2 heterocycles. The number of fused-ring (bicyclic) bond motifs is 1. The molecule has 1 aliphatic carbocycles. The zero-order chi connectivity index (χ0) is 14.3. The second-order valence-corrected chi connectivity index (χ2v) is 5.64. The number of nitrogen functional groups attached to an aromatic ring is 1. The Labute approximate surface area is 119 Å². The molecule has 0 unspecified atom stereocenters. The largest absolute Gasteiger partial charge is 0.384 e. The molecule has 0 saturated heterocycles. The van der Waals surface area contributed by atoms with E-state index >= 15 is 0 Å². The summed E-state index contributed by atoms with van der Waals surface area (Å²) in [7, 11) is 1.63. The van der Waals surface area contributed by atoms with Gasteiger partial charge in [-0.15, -0.1) is 5.10 Å². The van der Waals surface area contributed by atoms with Crippen molar-refractivity contribution >= 4 is 17.6 Å². The van der Waals surface area contributed by atoms with Crippen molar-refractivity contribution in [2.45, 2.75) is 29.4 Å². The van der Waals surface area contributed by atoms with Gasteiger partial charge in [-0.05, 0) is 42.7 Å². The Morgan fingerprint density at radius 2 is 2.35 bits per heavy atom. The molecule has 20 heavy (non-hydrogen) atoms. The van der Waals surface area contributed by atoms with Gasteiger partial charge in [0.2, 0.25) is 0 Å². The third-order valence-corrected chi connectivity index (χ3v) is 4.39. The van der Waals surface area contributed by atoms with E-state index in [1.807, 2.05) is 6.07 Å². The van der Waals surface area contributed by atoms with E-state index in [1.165, 1.54) is 16.3 Å². The highest BCUT2D eigenvalue weighted by Crippen LogP contribution is 2.30. The number of rotatable bonds is 3. The van der Waals surface area contributed by atoms with Crippen LogP contribution in [0.5, 0.6) is 0 Å². The number of H-pyrrole nitrogens is 1. The van der Waals surface area contributed by atoms with Crippen LogP contribution in [0.3, 0.4) is 0 Å². The molecule has 2 aromatic heterocycles. The number of pyridine rings is 1. The van der Waals surface area contributed by atoms with Crippen LogP contribution in [0.1, 0.15) is 23.2 Å². The Hall–Kier alpha value is -2.09. The van der Waals surface area contributed by atoms with E-state index < -0.39 is 0 Å². The highest BCUT2D eigenvalue weighted by molar-refractivity contribution is 7.99. The highest BCUT2D eigenvalue weighted by Gasteiger charge is 2.19. The van der Waals surface area contributed by atoms with E-state index in [0.717, 1.165) is 30.5 Å². The quantitative estimate of drug-likeness (QED) is 0.560. The number of amidine groups is 1. The molecule has 0 aromatic carbocycles. The molecule has 7 nitrogen and oxygen atoms in total. The zero-order valence-corrected chi connectivity index (χ0v) is 11.8. The van der Waals surface area contributed by atoms with Crippen molar-refractivity contribution in [2.75, 3.05) is 0 Å². The minimum Gasteiger partial charge on any atom is -0.384 e. The molecule has 0 amide bonds. The molecule has 8 heteroatoms. The van der Waals surface area contributed by atoms with Crippen LogP contribution in [0.4, 0.5) is 0 Å². The average Bonchev–Trinajstić information content (AvgIpc) is 2.99. The average molecular weight is 290 g/mol. The van der Waals surface area contributed by atoms with Gasteiger partial charge >= 0.3 is 5.69 Å². The zero-order valence-electron chi connectivity index (χ0n) is 10.9. The molecule has 2 aromatic rings. The molecule has 0 radical (unpaired) electrons. The molecule has 0 atom stereocenters. The van der Waals surface area contributed by atoms with Crippen LogP contribution in [0.15, 0.2) is 21.0 Å². The number of aryl methyl sites for hydroxylation is 2. The number of nitrogens with one attached hydrogen (secondary N) is 2. The van der Waals surface area contributed by atoms with Crippen molar-refractivity contribution < 1.29 is 0 Å². The van der Waals surface area contributed by atoms with Crippen LogP contribution in [-0.2, 0) is 19.9 Å². The third-order valence-electron chi connectivity index (χ3n) is 3.33. The molecule has 1 aliphatic rings. The normalized spacial score (nSPS) is 13.4. The Morgan fingerprint density at radius 1 is 1.55 bits per heavy atom. The molecule has 104 valence electrons. The molecule has 4 N–H and O–H groups in total. The number of hydrogen-bond acceptors (Lipinski definition) is 5. The summed E-state index contributed by atoms with van der Waals surface area (Å²) in [4.78, 5) is 16.0. The number of nitrogens with zero attached hydrogens (tertiary/aromatic N) is 3. The lowest BCUT2D eigenvalue weighted by Gasteiger charge is -2.09. The summed E-state index contributed by atoms with van der Waals surface area (Å²) in [6.45, 7) is 0. The highest BCUT2D eigenvalue weighted by atomic mass is 32.2. The molecule has 0 spiro atoms. The summed E-state index contributed by atoms with van der Waals surface area (Å²) in [6.07, 6.45) is 3.00. The molecule has 0 fully saturated rings. The van der Waals surface area contributed by atoms with Gasteiger partial charge in [0, 0.05) is 18.3 Å². The molecule has 0 saturated carbocycles. The first-order valence-electron chi connectivity index (χ1n) is 6.22. The topological polar surface area (TPSA) is 113 Å². The first kappa shape index (κ1) is 12.9. The van der Waals surface area contributed by atoms with Crippen LogP contribution in [0, 0.1) is 5.41 Å². The van der Waals surface area contributed by atoms with Crippen LogP contribution in [-0.4, -0.2) is 25.6 Å². The van der Waals surface area contributed by atoms with Gasteiger partial charge in [-0.1, -0.05) is 0 Å². The van der Waals surface area contributed by atoms with Crippen LogP contribution >= 0.6 is 11.8 Å². The summed E-state index contributed by atoms with van der Waals surface area (Å²) in [5, 5.41) is 15.1. The van der Waals surface area contributed by atoms with Gasteiger partial charge < -0.3 is 5.73 Å². The first-order valence-corrected chi connectivity index (χ1v) is 7.04. The predicted octanol–water partition coefficient (Wildman–Crippen LogP) is 0.427. The van der Waals surface area contributed by atoms with Gasteiger partial charge in [0.25, 0.3) is 0 Å². The number of nitrogens with two attached hydrogens (primary N) is 1. The standard InChI is InChI=1S/C12H14N6OS/c1-18-11(19)16-17-12(18)20-10-7(9(13)14)5-6-3-2-4-8(6)15-10/h5H,2-4H2,1H3,(H3,13,14)(H,16,19). The minimum absolute atomic E-state index is 0.0183. The van der Waals surface area contributed by atoms with Crippen molar-refractivity contribution in [1.82, 2.24) is 19.7 Å². The van der Waals surface area contributed by atoms with Crippen LogP contribution < -0.4 is 11.4 Å². The first-order chi connectivity index (χ1) is 9.56. The molecule has 0 aliphatic heterocycles. The van der Waals surface area contributed by atoms with E-state index in [9.17, 15) is 4.79 Å². The monoisotopic (exact) mass is 290 g/mol. The van der Waals surface area contributed by atoms with Crippen molar-refractivity contribution in [3.63, 3.8) is 0 Å². The summed E-state index contributed by atoms with van der Waals surface area (Å²) in [5.41, 5.74) is 8.18. The maximum absolute atomic E-state index is 11.4. The maximum Gasteiger partial charge on any atom is 0.343 e. The van der Waals surface area contributed by atoms with E-state index in [4.69, 9.17) is 11.1 Å². The lowest BCUT2D eigenvalue weighted by molar-refractivity contribution is 0.764. The molecular weight excluding hydrogens is 276 g/mol. The molecular formula is C12H14N6OS. The van der Waals surface area contributed by atoms with Gasteiger partial charge in [-0.2, -0.15) is 0 Å².